The monoisotopic (exact) mass is 496 g/mol. The van der Waals surface area contributed by atoms with Gasteiger partial charge in [0, 0.05) is 19.6 Å². The van der Waals surface area contributed by atoms with Crippen molar-refractivity contribution in [1.29, 1.82) is 0 Å². The van der Waals surface area contributed by atoms with E-state index in [1.165, 1.54) is 28.6 Å². The molecular formula is C23H26ClFN2O5S. The van der Waals surface area contributed by atoms with Crippen LogP contribution in [0.4, 0.5) is 4.39 Å². The fourth-order valence-electron chi connectivity index (χ4n) is 3.46. The molecule has 7 nitrogen and oxygen atoms in total. The van der Waals surface area contributed by atoms with Gasteiger partial charge in [0.1, 0.15) is 10.7 Å². The van der Waals surface area contributed by atoms with Crippen LogP contribution in [0.3, 0.4) is 0 Å². The molecule has 0 saturated carbocycles. The first-order valence-electron chi connectivity index (χ1n) is 10.7. The van der Waals surface area contributed by atoms with Gasteiger partial charge in [0.05, 0.1) is 10.6 Å². The molecule has 2 aromatic carbocycles. The average Bonchev–Trinajstić information content (AvgIpc) is 3.08. The van der Waals surface area contributed by atoms with Crippen LogP contribution in [-0.2, 0) is 26.1 Å². The molecular weight excluding hydrogens is 471 g/mol. The van der Waals surface area contributed by atoms with E-state index in [4.69, 9.17) is 16.3 Å². The molecule has 0 unspecified atom stereocenters. The van der Waals surface area contributed by atoms with Crippen LogP contribution in [0.15, 0.2) is 41.3 Å². The van der Waals surface area contributed by atoms with E-state index < -0.39 is 28.5 Å². The Morgan fingerprint density at radius 1 is 1.09 bits per heavy atom. The fraction of sp³-hybridized carbons (Fsp3) is 0.391. The second-order valence-corrected chi connectivity index (χ2v) is 10.2. The van der Waals surface area contributed by atoms with Crippen LogP contribution in [0, 0.1) is 12.7 Å². The number of hydrogen-bond acceptors (Lipinski definition) is 5. The highest BCUT2D eigenvalue weighted by molar-refractivity contribution is 7.89. The van der Waals surface area contributed by atoms with E-state index in [0.29, 0.717) is 24.2 Å². The Kier molecular flexibility index (Phi) is 8.45. The van der Waals surface area contributed by atoms with Crippen molar-refractivity contribution in [2.75, 3.05) is 19.7 Å². The number of halogens is 2. The largest absolute Gasteiger partial charge is 0.452 e. The smallest absolute Gasteiger partial charge is 0.338 e. The molecule has 0 atom stereocenters. The number of ether oxygens (including phenoxy) is 1. The second-order valence-electron chi connectivity index (χ2n) is 7.90. The molecule has 1 fully saturated rings. The van der Waals surface area contributed by atoms with Gasteiger partial charge in [-0.05, 0) is 55.2 Å². The maximum absolute atomic E-state index is 13.6. The van der Waals surface area contributed by atoms with Gasteiger partial charge in [-0.3, -0.25) is 4.79 Å². The molecule has 1 N–H and O–H groups in total. The van der Waals surface area contributed by atoms with Gasteiger partial charge < -0.3 is 10.1 Å². The highest BCUT2D eigenvalue weighted by Crippen LogP contribution is 2.28. The number of rotatable bonds is 7. The van der Waals surface area contributed by atoms with Crippen molar-refractivity contribution in [2.24, 2.45) is 0 Å². The first-order valence-corrected chi connectivity index (χ1v) is 12.5. The Hall–Kier alpha value is -2.49. The molecule has 1 saturated heterocycles. The fourth-order valence-corrected chi connectivity index (χ4v) is 5.48. The lowest BCUT2D eigenvalue weighted by Gasteiger charge is -2.21. The molecule has 1 aliphatic rings. The molecule has 1 heterocycles. The first-order chi connectivity index (χ1) is 15.7. The van der Waals surface area contributed by atoms with Crippen molar-refractivity contribution >= 4 is 33.5 Å². The quantitative estimate of drug-likeness (QED) is 0.588. The van der Waals surface area contributed by atoms with Crippen LogP contribution in [0.5, 0.6) is 0 Å². The Morgan fingerprint density at radius 3 is 2.45 bits per heavy atom. The summed E-state index contributed by atoms with van der Waals surface area (Å²) >= 11 is 6.14. The van der Waals surface area contributed by atoms with Crippen molar-refractivity contribution < 1.29 is 27.1 Å². The lowest BCUT2D eigenvalue weighted by atomic mass is 10.1. The number of nitrogens with one attached hydrogen (secondary N) is 1. The summed E-state index contributed by atoms with van der Waals surface area (Å²) in [5.74, 6) is -1.80. The van der Waals surface area contributed by atoms with E-state index in [1.54, 1.807) is 19.1 Å². The highest BCUT2D eigenvalue weighted by atomic mass is 35.5. The van der Waals surface area contributed by atoms with Crippen LogP contribution in [0.1, 0.15) is 47.2 Å². The SMILES string of the molecule is Cc1ccc(CNC(=O)COC(=O)c2ccc(Cl)c(S(=O)(=O)N3CCCCCC3)c2)cc1F. The maximum atomic E-state index is 13.6. The van der Waals surface area contributed by atoms with Gasteiger partial charge in [-0.1, -0.05) is 36.6 Å². The van der Waals surface area contributed by atoms with E-state index >= 15 is 0 Å². The number of benzene rings is 2. The summed E-state index contributed by atoms with van der Waals surface area (Å²) in [6, 6.07) is 8.47. The van der Waals surface area contributed by atoms with Crippen molar-refractivity contribution in [2.45, 2.75) is 44.0 Å². The van der Waals surface area contributed by atoms with Crippen molar-refractivity contribution in [1.82, 2.24) is 9.62 Å². The number of nitrogens with zero attached hydrogens (tertiary/aromatic N) is 1. The molecule has 0 bridgehead atoms. The molecule has 0 spiro atoms. The Bertz CT molecular complexity index is 1130. The third-order valence-corrected chi connectivity index (χ3v) is 7.79. The van der Waals surface area contributed by atoms with E-state index in [0.717, 1.165) is 25.7 Å². The number of carbonyl (C=O) groups is 2. The lowest BCUT2D eigenvalue weighted by Crippen LogP contribution is -2.32. The summed E-state index contributed by atoms with van der Waals surface area (Å²) in [6.45, 7) is 1.95. The van der Waals surface area contributed by atoms with Gasteiger partial charge in [0.15, 0.2) is 6.61 Å². The zero-order valence-electron chi connectivity index (χ0n) is 18.3. The minimum absolute atomic E-state index is 0.0128. The molecule has 0 aromatic heterocycles. The summed E-state index contributed by atoms with van der Waals surface area (Å²) in [7, 11) is -3.87. The number of carbonyl (C=O) groups excluding carboxylic acids is 2. The summed E-state index contributed by atoms with van der Waals surface area (Å²) in [6.07, 6.45) is 3.46. The number of amides is 1. The number of hydrogen-bond donors (Lipinski definition) is 1. The first kappa shape index (κ1) is 25.1. The standard InChI is InChI=1S/C23H26ClFN2O5S/c1-16-6-7-17(12-20(16)25)14-26-22(28)15-32-23(29)18-8-9-19(24)21(13-18)33(30,31)27-10-4-2-3-5-11-27/h6-9,12-13H,2-5,10-11,14-15H2,1H3,(H,26,28). The average molecular weight is 497 g/mol. The van der Waals surface area contributed by atoms with Crippen LogP contribution in [0.2, 0.25) is 5.02 Å². The van der Waals surface area contributed by atoms with Crippen molar-refractivity contribution in [3.05, 3.63) is 63.9 Å². The third kappa shape index (κ3) is 6.52. The molecule has 2 aromatic rings. The van der Waals surface area contributed by atoms with Crippen LogP contribution in [0.25, 0.3) is 0 Å². The molecule has 0 radical (unpaired) electrons. The number of aryl methyl sites for hydroxylation is 1. The van der Waals surface area contributed by atoms with Crippen molar-refractivity contribution in [3.63, 3.8) is 0 Å². The molecule has 3 rings (SSSR count). The van der Waals surface area contributed by atoms with Crippen LogP contribution < -0.4 is 5.32 Å². The highest BCUT2D eigenvalue weighted by Gasteiger charge is 2.28. The summed E-state index contributed by atoms with van der Waals surface area (Å²) in [4.78, 5) is 24.3. The zero-order chi connectivity index (χ0) is 24.0. The zero-order valence-corrected chi connectivity index (χ0v) is 19.8. The third-order valence-electron chi connectivity index (χ3n) is 5.41. The molecule has 33 heavy (non-hydrogen) atoms. The maximum Gasteiger partial charge on any atom is 0.338 e. The predicted molar refractivity (Wildman–Crippen MR) is 122 cm³/mol. The Morgan fingerprint density at radius 2 is 1.79 bits per heavy atom. The van der Waals surface area contributed by atoms with Crippen LogP contribution in [-0.4, -0.2) is 44.3 Å². The van der Waals surface area contributed by atoms with E-state index in [9.17, 15) is 22.4 Å². The minimum atomic E-state index is -3.87. The van der Waals surface area contributed by atoms with E-state index in [1.807, 2.05) is 0 Å². The Balaban J connectivity index is 1.61. The number of sulfonamides is 1. The lowest BCUT2D eigenvalue weighted by molar-refractivity contribution is -0.124. The number of esters is 1. The Labute approximate surface area is 197 Å². The predicted octanol–water partition coefficient (Wildman–Crippen LogP) is 3.83. The van der Waals surface area contributed by atoms with Crippen molar-refractivity contribution in [3.8, 4) is 0 Å². The second kappa shape index (κ2) is 11.1. The summed E-state index contributed by atoms with van der Waals surface area (Å²) in [5.41, 5.74) is 1.04. The molecule has 0 aliphatic carbocycles. The van der Waals surface area contributed by atoms with Gasteiger partial charge in [-0.25, -0.2) is 17.6 Å². The van der Waals surface area contributed by atoms with E-state index in [-0.39, 0.29) is 27.8 Å². The molecule has 1 aliphatic heterocycles. The topological polar surface area (TPSA) is 92.8 Å². The van der Waals surface area contributed by atoms with Gasteiger partial charge in [-0.15, -0.1) is 0 Å². The molecule has 1 amide bonds. The molecule has 178 valence electrons. The molecule has 10 heteroatoms. The van der Waals surface area contributed by atoms with Gasteiger partial charge in [0.25, 0.3) is 5.91 Å². The van der Waals surface area contributed by atoms with Gasteiger partial charge in [0.2, 0.25) is 10.0 Å². The van der Waals surface area contributed by atoms with Gasteiger partial charge >= 0.3 is 5.97 Å². The summed E-state index contributed by atoms with van der Waals surface area (Å²) < 4.78 is 46.1. The van der Waals surface area contributed by atoms with E-state index in [2.05, 4.69) is 5.32 Å². The normalized spacial score (nSPS) is 15.0. The van der Waals surface area contributed by atoms with Crippen LogP contribution >= 0.6 is 11.6 Å². The van der Waals surface area contributed by atoms with Gasteiger partial charge in [-0.2, -0.15) is 4.31 Å². The minimum Gasteiger partial charge on any atom is -0.452 e. The summed E-state index contributed by atoms with van der Waals surface area (Å²) in [5, 5.41) is 2.55.